The van der Waals surface area contributed by atoms with Crippen molar-refractivity contribution in [2.45, 2.75) is 6.54 Å². The zero-order valence-electron chi connectivity index (χ0n) is 11.1. The zero-order valence-corrected chi connectivity index (χ0v) is 14.3. The van der Waals surface area contributed by atoms with Gasteiger partial charge in [-0.05, 0) is 28.1 Å². The van der Waals surface area contributed by atoms with Gasteiger partial charge < -0.3 is 0 Å². The van der Waals surface area contributed by atoms with Crippen molar-refractivity contribution in [3.63, 3.8) is 0 Å². The maximum Gasteiger partial charge on any atom is 0.332 e. The Morgan fingerprint density at radius 3 is 2.62 bits per heavy atom. The van der Waals surface area contributed by atoms with E-state index in [-0.39, 0.29) is 11.2 Å². The first kappa shape index (κ1) is 14.6. The molecule has 0 bridgehead atoms. The quantitative estimate of drug-likeness (QED) is 0.630. The van der Waals surface area contributed by atoms with Crippen molar-refractivity contribution in [2.75, 3.05) is 0 Å². The number of hydrogen-bond acceptors (Lipinski definition) is 4. The summed E-state index contributed by atoms with van der Waals surface area (Å²) < 4.78 is 5.44. The predicted molar refractivity (Wildman–Crippen MR) is 86.3 cm³/mol. The van der Waals surface area contributed by atoms with E-state index in [2.05, 4.69) is 20.9 Å². The monoisotopic (exact) mass is 388 g/mol. The molecular formula is C12H10BrClN4O2S. The SMILES string of the molecule is Cn1c(=O)c2nc(Br)n(Cc3ccc(Cl)s3)c2n(C)c1=O. The summed E-state index contributed by atoms with van der Waals surface area (Å²) in [7, 11) is 3.06. The third kappa shape index (κ3) is 2.27. The molecule has 0 aliphatic rings. The largest absolute Gasteiger partial charge is 0.332 e. The minimum Gasteiger partial charge on any atom is -0.299 e. The summed E-state index contributed by atoms with van der Waals surface area (Å²) >= 11 is 10.7. The summed E-state index contributed by atoms with van der Waals surface area (Å²) in [6.07, 6.45) is 0. The molecule has 6 nitrogen and oxygen atoms in total. The van der Waals surface area contributed by atoms with Crippen molar-refractivity contribution in [1.29, 1.82) is 0 Å². The van der Waals surface area contributed by atoms with Gasteiger partial charge in [0.25, 0.3) is 5.56 Å². The first-order valence-corrected chi connectivity index (χ1v) is 7.95. The molecule has 0 spiro atoms. The van der Waals surface area contributed by atoms with Gasteiger partial charge in [0.05, 0.1) is 10.9 Å². The molecule has 0 amide bonds. The highest BCUT2D eigenvalue weighted by atomic mass is 79.9. The number of nitrogens with zero attached hydrogens (tertiary/aromatic N) is 4. The summed E-state index contributed by atoms with van der Waals surface area (Å²) in [5, 5.41) is 0. The van der Waals surface area contributed by atoms with Crippen LogP contribution in [0.5, 0.6) is 0 Å². The standard InChI is InChI=1S/C12H10BrClN4O2S/c1-16-9-8(10(19)17(2)12(16)20)15-11(13)18(9)5-6-3-4-7(14)21-6/h3-4H,5H2,1-2H3. The van der Waals surface area contributed by atoms with E-state index >= 15 is 0 Å². The number of rotatable bonds is 2. The van der Waals surface area contributed by atoms with Crippen LogP contribution in [0.1, 0.15) is 4.88 Å². The smallest absolute Gasteiger partial charge is 0.299 e. The second-order valence-corrected chi connectivity index (χ2v) is 7.06. The molecular weight excluding hydrogens is 380 g/mol. The lowest BCUT2D eigenvalue weighted by atomic mass is 10.4. The number of thiophene rings is 1. The van der Waals surface area contributed by atoms with Gasteiger partial charge in [0.2, 0.25) is 0 Å². The van der Waals surface area contributed by atoms with Crippen LogP contribution in [0.3, 0.4) is 0 Å². The van der Waals surface area contributed by atoms with Gasteiger partial charge in [0.1, 0.15) is 0 Å². The zero-order chi connectivity index (χ0) is 15.3. The first-order valence-electron chi connectivity index (χ1n) is 5.96. The van der Waals surface area contributed by atoms with Crippen LogP contribution in [0.4, 0.5) is 0 Å². The van der Waals surface area contributed by atoms with E-state index in [1.165, 1.54) is 23.0 Å². The molecule has 3 aromatic heterocycles. The molecule has 110 valence electrons. The van der Waals surface area contributed by atoms with Crippen LogP contribution in [0.15, 0.2) is 26.5 Å². The highest BCUT2D eigenvalue weighted by Gasteiger charge is 2.18. The van der Waals surface area contributed by atoms with Crippen LogP contribution in [0.25, 0.3) is 11.2 Å². The topological polar surface area (TPSA) is 61.8 Å². The molecule has 0 aromatic carbocycles. The summed E-state index contributed by atoms with van der Waals surface area (Å²) in [6, 6.07) is 3.72. The fourth-order valence-corrected chi connectivity index (χ4v) is 3.74. The predicted octanol–water partition coefficient (Wildman–Crippen LogP) is 1.96. The van der Waals surface area contributed by atoms with Crippen molar-refractivity contribution >= 4 is 50.0 Å². The lowest BCUT2D eigenvalue weighted by molar-refractivity contribution is 0.687. The minimum atomic E-state index is -0.406. The molecule has 21 heavy (non-hydrogen) atoms. The van der Waals surface area contributed by atoms with E-state index in [1.54, 1.807) is 11.6 Å². The fraction of sp³-hybridized carbons (Fsp3) is 0.250. The summed E-state index contributed by atoms with van der Waals surface area (Å²) in [5.74, 6) is 0. The third-order valence-electron chi connectivity index (χ3n) is 3.24. The molecule has 9 heteroatoms. The molecule has 0 fully saturated rings. The maximum absolute atomic E-state index is 12.2. The number of halogens is 2. The lowest BCUT2D eigenvalue weighted by Gasteiger charge is -2.08. The molecule has 3 heterocycles. The number of aryl methyl sites for hydroxylation is 1. The highest BCUT2D eigenvalue weighted by molar-refractivity contribution is 9.10. The molecule has 3 aromatic rings. The summed E-state index contributed by atoms with van der Waals surface area (Å²) in [5.41, 5.74) is -0.0456. The van der Waals surface area contributed by atoms with E-state index < -0.39 is 5.56 Å². The van der Waals surface area contributed by atoms with Crippen LogP contribution < -0.4 is 11.2 Å². The van der Waals surface area contributed by atoms with Crippen molar-refractivity contribution in [2.24, 2.45) is 14.1 Å². The van der Waals surface area contributed by atoms with Gasteiger partial charge >= 0.3 is 5.69 Å². The summed E-state index contributed by atoms with van der Waals surface area (Å²) in [4.78, 5) is 29.5. The normalized spacial score (nSPS) is 11.4. The first-order chi connectivity index (χ1) is 9.90. The molecule has 0 unspecified atom stereocenters. The average molecular weight is 390 g/mol. The fourth-order valence-electron chi connectivity index (χ4n) is 2.20. The number of imidazole rings is 1. The van der Waals surface area contributed by atoms with Crippen LogP contribution in [-0.4, -0.2) is 18.7 Å². The van der Waals surface area contributed by atoms with Gasteiger partial charge in [0, 0.05) is 19.0 Å². The molecule has 0 aliphatic heterocycles. The Kier molecular flexibility index (Phi) is 3.54. The molecule has 0 radical (unpaired) electrons. The van der Waals surface area contributed by atoms with Gasteiger partial charge in [-0.25, -0.2) is 9.78 Å². The van der Waals surface area contributed by atoms with E-state index in [1.807, 2.05) is 12.1 Å². The molecule has 0 saturated carbocycles. The minimum absolute atomic E-state index is 0.258. The number of fused-ring (bicyclic) bond motifs is 1. The molecule has 0 saturated heterocycles. The molecule has 0 N–H and O–H groups in total. The Morgan fingerprint density at radius 2 is 2.00 bits per heavy atom. The number of aromatic nitrogens is 4. The molecule has 3 rings (SSSR count). The summed E-state index contributed by atoms with van der Waals surface area (Å²) in [6.45, 7) is 0.481. The number of hydrogen-bond donors (Lipinski definition) is 0. The Labute approximate surface area is 136 Å². The second-order valence-electron chi connectivity index (χ2n) is 4.55. The van der Waals surface area contributed by atoms with Crippen molar-refractivity contribution in [1.82, 2.24) is 18.7 Å². The van der Waals surface area contributed by atoms with E-state index in [0.29, 0.717) is 21.3 Å². The van der Waals surface area contributed by atoms with Gasteiger partial charge in [-0.3, -0.25) is 18.5 Å². The van der Waals surface area contributed by atoms with Crippen LogP contribution >= 0.6 is 38.9 Å². The van der Waals surface area contributed by atoms with E-state index in [9.17, 15) is 9.59 Å². The van der Waals surface area contributed by atoms with Crippen LogP contribution in [-0.2, 0) is 20.6 Å². The van der Waals surface area contributed by atoms with Gasteiger partial charge in [0.15, 0.2) is 15.9 Å². The van der Waals surface area contributed by atoms with Gasteiger partial charge in [-0.2, -0.15) is 0 Å². The van der Waals surface area contributed by atoms with Crippen molar-refractivity contribution in [3.05, 3.63) is 46.9 Å². The van der Waals surface area contributed by atoms with Crippen molar-refractivity contribution < 1.29 is 0 Å². The Hall–Kier alpha value is -1.38. The highest BCUT2D eigenvalue weighted by Crippen LogP contribution is 2.25. The van der Waals surface area contributed by atoms with Crippen LogP contribution in [0, 0.1) is 0 Å². The molecule has 0 atom stereocenters. The molecule has 0 aliphatic carbocycles. The third-order valence-corrected chi connectivity index (χ3v) is 5.06. The van der Waals surface area contributed by atoms with E-state index in [4.69, 9.17) is 11.6 Å². The Morgan fingerprint density at radius 1 is 1.29 bits per heavy atom. The van der Waals surface area contributed by atoms with Crippen molar-refractivity contribution in [3.8, 4) is 0 Å². The Bertz CT molecular complexity index is 968. The van der Waals surface area contributed by atoms with Crippen LogP contribution in [0.2, 0.25) is 4.34 Å². The Balaban J connectivity index is 2.31. The lowest BCUT2D eigenvalue weighted by Crippen LogP contribution is -2.37. The maximum atomic E-state index is 12.2. The second kappa shape index (κ2) is 5.11. The average Bonchev–Trinajstić information content (AvgIpc) is 2.99. The van der Waals surface area contributed by atoms with Gasteiger partial charge in [-0.15, -0.1) is 11.3 Å². The van der Waals surface area contributed by atoms with E-state index in [0.717, 1.165) is 9.44 Å². The van der Waals surface area contributed by atoms with Gasteiger partial charge in [-0.1, -0.05) is 11.6 Å².